The van der Waals surface area contributed by atoms with Gasteiger partial charge in [-0.25, -0.2) is 4.79 Å². The van der Waals surface area contributed by atoms with E-state index >= 15 is 0 Å². The van der Waals surface area contributed by atoms with Crippen LogP contribution >= 0.6 is 11.9 Å². The molecular formula is C15H15ClO5. The number of allylic oxidation sites excluding steroid dienone is 4. The van der Waals surface area contributed by atoms with Crippen molar-refractivity contribution in [3.8, 4) is 0 Å². The molecule has 0 heterocycles. The van der Waals surface area contributed by atoms with Crippen LogP contribution in [0.15, 0.2) is 48.1 Å². The van der Waals surface area contributed by atoms with Gasteiger partial charge in [-0.15, -0.1) is 0 Å². The highest BCUT2D eigenvalue weighted by Crippen LogP contribution is 2.49. The van der Waals surface area contributed by atoms with Gasteiger partial charge in [0.2, 0.25) is 0 Å². The summed E-state index contributed by atoms with van der Waals surface area (Å²) in [5.41, 5.74) is -2.70. The highest BCUT2D eigenvalue weighted by atomic mass is 35.5. The Labute approximate surface area is 127 Å². The molecule has 5 nitrogen and oxygen atoms in total. The van der Waals surface area contributed by atoms with Gasteiger partial charge < -0.3 is 10.2 Å². The zero-order valence-electron chi connectivity index (χ0n) is 11.3. The van der Waals surface area contributed by atoms with Gasteiger partial charge in [-0.3, -0.25) is 9.08 Å². The van der Waals surface area contributed by atoms with Crippen LogP contribution in [0.25, 0.3) is 0 Å². The molecule has 0 aliphatic heterocycles. The molecule has 2 aliphatic carbocycles. The topological polar surface area (TPSA) is 83.8 Å². The zero-order valence-corrected chi connectivity index (χ0v) is 12.1. The SMILES string of the molecule is CC1(C(=O)O)C=CC=C(C(=O)O)C1C1(OCl)C=CC=CC1. The maximum atomic E-state index is 11.7. The summed E-state index contributed by atoms with van der Waals surface area (Å²) in [5, 5.41) is 19.0. The maximum absolute atomic E-state index is 11.7. The molecule has 0 amide bonds. The number of hydrogen-bond donors (Lipinski definition) is 2. The van der Waals surface area contributed by atoms with Crippen LogP contribution in [0.4, 0.5) is 0 Å². The maximum Gasteiger partial charge on any atom is 0.332 e. The van der Waals surface area contributed by atoms with Crippen LogP contribution in [0.3, 0.4) is 0 Å². The standard InChI is InChI=1S/C15H15ClO5/c1-14(13(19)20)7-5-6-10(12(17)18)11(14)15(21-16)8-3-2-4-9-15/h2-8,11H,9H2,1H3,(H,17,18)(H,19,20). The summed E-state index contributed by atoms with van der Waals surface area (Å²) in [7, 11) is 0. The lowest BCUT2D eigenvalue weighted by Gasteiger charge is -2.44. The predicted octanol–water partition coefficient (Wildman–Crippen LogP) is 2.70. The van der Waals surface area contributed by atoms with Crippen molar-refractivity contribution in [1.29, 1.82) is 0 Å². The van der Waals surface area contributed by atoms with Crippen LogP contribution < -0.4 is 0 Å². The largest absolute Gasteiger partial charge is 0.481 e. The minimum absolute atomic E-state index is 0.0389. The van der Waals surface area contributed by atoms with E-state index in [1.807, 2.05) is 0 Å². The third-order valence-corrected chi connectivity index (χ3v) is 4.32. The number of halogens is 1. The Kier molecular flexibility index (Phi) is 4.07. The van der Waals surface area contributed by atoms with E-state index in [0.717, 1.165) is 0 Å². The third kappa shape index (κ3) is 2.43. The van der Waals surface area contributed by atoms with Crippen LogP contribution in [0.5, 0.6) is 0 Å². The molecule has 0 aromatic carbocycles. The average Bonchev–Trinajstić information content (AvgIpc) is 2.47. The van der Waals surface area contributed by atoms with Crippen molar-refractivity contribution in [1.82, 2.24) is 0 Å². The second kappa shape index (κ2) is 5.50. The van der Waals surface area contributed by atoms with Gasteiger partial charge in [0, 0.05) is 17.9 Å². The average molecular weight is 311 g/mol. The molecule has 0 bridgehead atoms. The number of aliphatic carboxylic acids is 2. The molecule has 2 N–H and O–H groups in total. The summed E-state index contributed by atoms with van der Waals surface area (Å²) >= 11 is 5.65. The molecule has 0 saturated carbocycles. The van der Waals surface area contributed by atoms with Crippen molar-refractivity contribution in [2.75, 3.05) is 0 Å². The number of carboxylic acids is 2. The Morgan fingerprint density at radius 3 is 2.48 bits per heavy atom. The van der Waals surface area contributed by atoms with Crippen LogP contribution in [-0.2, 0) is 13.9 Å². The fourth-order valence-electron chi connectivity index (χ4n) is 2.96. The summed E-state index contributed by atoms with van der Waals surface area (Å²) in [4.78, 5) is 23.3. The van der Waals surface area contributed by atoms with Crippen molar-refractivity contribution in [3.05, 3.63) is 48.1 Å². The third-order valence-electron chi connectivity index (χ3n) is 4.03. The van der Waals surface area contributed by atoms with Gasteiger partial charge in [0.25, 0.3) is 0 Å². The molecule has 0 saturated heterocycles. The van der Waals surface area contributed by atoms with Gasteiger partial charge in [-0.2, -0.15) is 0 Å². The van der Waals surface area contributed by atoms with Crippen molar-refractivity contribution in [2.45, 2.75) is 18.9 Å². The van der Waals surface area contributed by atoms with Gasteiger partial charge in [-0.1, -0.05) is 42.5 Å². The number of rotatable bonds is 4. The van der Waals surface area contributed by atoms with Gasteiger partial charge >= 0.3 is 11.9 Å². The van der Waals surface area contributed by atoms with E-state index in [4.69, 9.17) is 16.2 Å². The first-order chi connectivity index (χ1) is 9.87. The Hall–Kier alpha value is -1.85. The van der Waals surface area contributed by atoms with Crippen LogP contribution in [0.1, 0.15) is 13.3 Å². The lowest BCUT2D eigenvalue weighted by molar-refractivity contribution is -0.151. The first-order valence-electron chi connectivity index (χ1n) is 6.37. The fraction of sp³-hybridized carbons (Fsp3) is 0.333. The Morgan fingerprint density at radius 2 is 2.00 bits per heavy atom. The summed E-state index contributed by atoms with van der Waals surface area (Å²) in [6.45, 7) is 1.47. The molecule has 2 rings (SSSR count). The van der Waals surface area contributed by atoms with Crippen molar-refractivity contribution < 1.29 is 24.1 Å². The lowest BCUT2D eigenvalue weighted by Crippen LogP contribution is -2.51. The lowest BCUT2D eigenvalue weighted by atomic mass is 9.61. The van der Waals surface area contributed by atoms with E-state index in [2.05, 4.69) is 0 Å². The molecule has 0 aromatic heterocycles. The molecule has 6 heteroatoms. The minimum atomic E-state index is -1.44. The van der Waals surface area contributed by atoms with Crippen molar-refractivity contribution in [3.63, 3.8) is 0 Å². The Morgan fingerprint density at radius 1 is 1.29 bits per heavy atom. The molecule has 112 valence electrons. The molecule has 2 aliphatic rings. The van der Waals surface area contributed by atoms with E-state index in [-0.39, 0.29) is 5.57 Å². The molecule has 3 unspecified atom stereocenters. The predicted molar refractivity (Wildman–Crippen MR) is 76.7 cm³/mol. The second-order valence-corrected chi connectivity index (χ2v) is 5.48. The number of carboxylic acid groups (broad SMARTS) is 2. The highest BCUT2D eigenvalue weighted by molar-refractivity contribution is 6.08. The van der Waals surface area contributed by atoms with E-state index in [1.54, 1.807) is 24.3 Å². The smallest absolute Gasteiger partial charge is 0.332 e. The van der Waals surface area contributed by atoms with Gasteiger partial charge in [0.1, 0.15) is 5.60 Å². The summed E-state index contributed by atoms with van der Waals surface area (Å²) in [6, 6.07) is 0. The molecular weight excluding hydrogens is 296 g/mol. The molecule has 3 atom stereocenters. The Balaban J connectivity index is 2.62. The monoisotopic (exact) mass is 310 g/mol. The Bertz CT molecular complexity index is 589. The van der Waals surface area contributed by atoms with Crippen LogP contribution in [-0.4, -0.2) is 27.8 Å². The van der Waals surface area contributed by atoms with E-state index < -0.39 is 28.9 Å². The summed E-state index contributed by atoms with van der Waals surface area (Å²) < 4.78 is 5.08. The number of carbonyl (C=O) groups is 2. The zero-order chi connectivity index (χ0) is 15.7. The minimum Gasteiger partial charge on any atom is -0.481 e. The molecule has 0 spiro atoms. The number of hydrogen-bond acceptors (Lipinski definition) is 3. The molecule has 0 aromatic rings. The van der Waals surface area contributed by atoms with Crippen molar-refractivity contribution >= 4 is 23.8 Å². The van der Waals surface area contributed by atoms with Gasteiger partial charge in [-0.05, 0) is 6.92 Å². The molecule has 0 fully saturated rings. The van der Waals surface area contributed by atoms with E-state index in [0.29, 0.717) is 6.42 Å². The van der Waals surface area contributed by atoms with Crippen LogP contribution in [0, 0.1) is 11.3 Å². The van der Waals surface area contributed by atoms with E-state index in [9.17, 15) is 19.8 Å². The van der Waals surface area contributed by atoms with Crippen LogP contribution in [0.2, 0.25) is 0 Å². The normalized spacial score (nSPS) is 34.6. The summed E-state index contributed by atoms with van der Waals surface area (Å²) in [6.07, 6.45) is 11.4. The first kappa shape index (κ1) is 15.5. The van der Waals surface area contributed by atoms with Gasteiger partial charge in [0.15, 0.2) is 0 Å². The fourth-order valence-corrected chi connectivity index (χ4v) is 3.16. The van der Waals surface area contributed by atoms with E-state index in [1.165, 1.54) is 25.2 Å². The van der Waals surface area contributed by atoms with Crippen molar-refractivity contribution in [2.24, 2.45) is 11.3 Å². The molecule has 0 radical (unpaired) electrons. The quantitative estimate of drug-likeness (QED) is 0.834. The second-order valence-electron chi connectivity index (χ2n) is 5.33. The highest BCUT2D eigenvalue weighted by Gasteiger charge is 2.55. The van der Waals surface area contributed by atoms with Gasteiger partial charge in [0.05, 0.1) is 17.3 Å². The summed E-state index contributed by atoms with van der Waals surface area (Å²) in [5.74, 6) is -3.27. The molecule has 21 heavy (non-hydrogen) atoms. The first-order valence-corrected chi connectivity index (χ1v) is 6.68.